The maximum atomic E-state index is 12.5. The third-order valence-electron chi connectivity index (χ3n) is 3.35. The molecule has 0 atom stereocenters. The van der Waals surface area contributed by atoms with Crippen LogP contribution in [0, 0.1) is 0 Å². The number of aryl methyl sites for hydroxylation is 1. The fraction of sp³-hybridized carbons (Fsp3) is 0.118. The molecule has 0 aliphatic heterocycles. The van der Waals surface area contributed by atoms with Gasteiger partial charge in [0.2, 0.25) is 5.78 Å². The molecule has 1 nitrogen and oxygen atoms in total. The van der Waals surface area contributed by atoms with Crippen molar-refractivity contribution in [2.75, 3.05) is 0 Å². The van der Waals surface area contributed by atoms with Crippen LogP contribution in [0.1, 0.15) is 27.7 Å². The highest BCUT2D eigenvalue weighted by atomic mass is 32.1. The molecule has 0 aliphatic rings. The molecule has 0 fully saturated rings. The van der Waals surface area contributed by atoms with Crippen LogP contribution in [-0.4, -0.2) is 5.78 Å². The highest BCUT2D eigenvalue weighted by molar-refractivity contribution is 7.12. The van der Waals surface area contributed by atoms with Gasteiger partial charge < -0.3 is 0 Å². The Hall–Kier alpha value is -1.93. The molecule has 3 aromatic rings. The van der Waals surface area contributed by atoms with Crippen LogP contribution < -0.4 is 0 Å². The van der Waals surface area contributed by atoms with Crippen LogP contribution in [0.3, 0.4) is 0 Å². The Morgan fingerprint density at radius 3 is 2.63 bits per heavy atom. The van der Waals surface area contributed by atoms with Crippen LogP contribution in [0.4, 0.5) is 0 Å². The molecule has 0 saturated carbocycles. The van der Waals surface area contributed by atoms with Crippen LogP contribution in [0.2, 0.25) is 0 Å². The third-order valence-corrected chi connectivity index (χ3v) is 4.30. The Balaban J connectivity index is 2.06. The maximum absolute atomic E-state index is 12.5. The van der Waals surface area contributed by atoms with Crippen LogP contribution in [0.5, 0.6) is 0 Å². The van der Waals surface area contributed by atoms with E-state index in [9.17, 15) is 4.79 Å². The lowest BCUT2D eigenvalue weighted by Crippen LogP contribution is -2.01. The summed E-state index contributed by atoms with van der Waals surface area (Å²) in [4.78, 5) is 13.4. The Bertz CT molecular complexity index is 740. The number of ketones is 1. The van der Waals surface area contributed by atoms with E-state index in [1.165, 1.54) is 16.7 Å². The molecule has 0 bridgehead atoms. The smallest absolute Gasteiger partial charge is 0.203 e. The van der Waals surface area contributed by atoms with Crippen LogP contribution in [0.15, 0.2) is 53.9 Å². The average Bonchev–Trinajstić information content (AvgIpc) is 2.94. The zero-order valence-corrected chi connectivity index (χ0v) is 11.5. The zero-order valence-electron chi connectivity index (χ0n) is 10.7. The molecule has 0 spiro atoms. The molecule has 0 unspecified atom stereocenters. The average molecular weight is 266 g/mol. The number of carbonyl (C=O) groups excluding carboxylic acids is 1. The van der Waals surface area contributed by atoms with Crippen molar-refractivity contribution in [2.24, 2.45) is 0 Å². The van der Waals surface area contributed by atoms with Gasteiger partial charge in [-0.3, -0.25) is 4.79 Å². The van der Waals surface area contributed by atoms with Gasteiger partial charge in [0.1, 0.15) is 0 Å². The predicted octanol–water partition coefficient (Wildman–Crippen LogP) is 4.69. The van der Waals surface area contributed by atoms with Crippen molar-refractivity contribution < 1.29 is 4.79 Å². The van der Waals surface area contributed by atoms with Crippen molar-refractivity contribution in [3.8, 4) is 0 Å². The number of hydrogen-bond acceptors (Lipinski definition) is 2. The zero-order chi connectivity index (χ0) is 13.2. The minimum absolute atomic E-state index is 0.137. The molecule has 0 radical (unpaired) electrons. The Kier molecular flexibility index (Phi) is 3.18. The van der Waals surface area contributed by atoms with Gasteiger partial charge in [-0.25, -0.2) is 0 Å². The van der Waals surface area contributed by atoms with E-state index in [2.05, 4.69) is 13.0 Å². The minimum Gasteiger partial charge on any atom is -0.288 e. The van der Waals surface area contributed by atoms with E-state index < -0.39 is 0 Å². The van der Waals surface area contributed by atoms with Crippen LogP contribution in [0.25, 0.3) is 10.8 Å². The highest BCUT2D eigenvalue weighted by Crippen LogP contribution is 2.23. The molecule has 0 amide bonds. The summed E-state index contributed by atoms with van der Waals surface area (Å²) in [6, 6.07) is 16.1. The molecular weight excluding hydrogens is 252 g/mol. The molecule has 1 aromatic heterocycles. The van der Waals surface area contributed by atoms with Crippen molar-refractivity contribution in [1.29, 1.82) is 0 Å². The summed E-state index contributed by atoms with van der Waals surface area (Å²) in [5, 5.41) is 4.27. The SMILES string of the molecule is CCc1ccsc1C(=O)c1ccc2ccccc2c1. The summed E-state index contributed by atoms with van der Waals surface area (Å²) in [6.07, 6.45) is 0.901. The molecule has 3 rings (SSSR count). The molecule has 19 heavy (non-hydrogen) atoms. The molecule has 0 N–H and O–H groups in total. The number of thiophene rings is 1. The quantitative estimate of drug-likeness (QED) is 0.628. The fourth-order valence-corrected chi connectivity index (χ4v) is 3.23. The largest absolute Gasteiger partial charge is 0.288 e. The number of rotatable bonds is 3. The van der Waals surface area contributed by atoms with Gasteiger partial charge in [-0.1, -0.05) is 43.3 Å². The minimum atomic E-state index is 0.137. The summed E-state index contributed by atoms with van der Waals surface area (Å²) in [6.45, 7) is 2.08. The van der Waals surface area contributed by atoms with Gasteiger partial charge in [0.25, 0.3) is 0 Å². The molecule has 94 valence electrons. The Morgan fingerprint density at radius 2 is 1.84 bits per heavy atom. The first kappa shape index (κ1) is 12.1. The van der Waals surface area contributed by atoms with Gasteiger partial charge in [0.05, 0.1) is 4.88 Å². The van der Waals surface area contributed by atoms with Crippen LogP contribution in [-0.2, 0) is 6.42 Å². The second-order valence-electron chi connectivity index (χ2n) is 4.52. The number of fused-ring (bicyclic) bond motifs is 1. The van der Waals surface area contributed by atoms with E-state index in [1.807, 2.05) is 47.8 Å². The first-order valence-electron chi connectivity index (χ1n) is 6.39. The van der Waals surface area contributed by atoms with Gasteiger partial charge in [-0.2, -0.15) is 0 Å². The lowest BCUT2D eigenvalue weighted by molar-refractivity contribution is 0.104. The molecule has 0 aliphatic carbocycles. The summed E-state index contributed by atoms with van der Waals surface area (Å²) in [7, 11) is 0. The normalized spacial score (nSPS) is 10.8. The predicted molar refractivity (Wildman–Crippen MR) is 81.1 cm³/mol. The fourth-order valence-electron chi connectivity index (χ4n) is 2.27. The second kappa shape index (κ2) is 4.98. The molecular formula is C17H14OS. The lowest BCUT2D eigenvalue weighted by Gasteiger charge is -2.03. The standard InChI is InChI=1S/C17H14OS/c1-2-12-9-10-19-17(12)16(18)15-8-7-13-5-3-4-6-14(13)11-15/h3-11H,2H2,1H3. The van der Waals surface area contributed by atoms with E-state index in [0.717, 1.165) is 27.8 Å². The maximum Gasteiger partial charge on any atom is 0.203 e. The van der Waals surface area contributed by atoms with Crippen molar-refractivity contribution in [2.45, 2.75) is 13.3 Å². The number of carbonyl (C=O) groups is 1. The Morgan fingerprint density at radius 1 is 1.05 bits per heavy atom. The first-order chi connectivity index (χ1) is 9.29. The van der Waals surface area contributed by atoms with Gasteiger partial charge in [0, 0.05) is 5.56 Å². The second-order valence-corrected chi connectivity index (χ2v) is 5.44. The molecule has 2 aromatic carbocycles. The monoisotopic (exact) mass is 266 g/mol. The van der Waals surface area contributed by atoms with E-state index in [1.54, 1.807) is 0 Å². The lowest BCUT2D eigenvalue weighted by atomic mass is 10.0. The summed E-state index contributed by atoms with van der Waals surface area (Å²) in [5.41, 5.74) is 1.92. The van der Waals surface area contributed by atoms with E-state index in [4.69, 9.17) is 0 Å². The Labute approximate surface area is 116 Å². The van der Waals surface area contributed by atoms with Crippen molar-refractivity contribution in [1.82, 2.24) is 0 Å². The first-order valence-corrected chi connectivity index (χ1v) is 7.27. The van der Waals surface area contributed by atoms with Crippen molar-refractivity contribution in [3.63, 3.8) is 0 Å². The third kappa shape index (κ3) is 2.20. The van der Waals surface area contributed by atoms with Gasteiger partial charge in [-0.05, 0) is 40.3 Å². The topological polar surface area (TPSA) is 17.1 Å². The number of hydrogen-bond donors (Lipinski definition) is 0. The van der Waals surface area contributed by atoms with Gasteiger partial charge in [-0.15, -0.1) is 11.3 Å². The van der Waals surface area contributed by atoms with Gasteiger partial charge in [0.15, 0.2) is 0 Å². The summed E-state index contributed by atoms with van der Waals surface area (Å²) in [5.74, 6) is 0.137. The molecule has 2 heteroatoms. The highest BCUT2D eigenvalue weighted by Gasteiger charge is 2.14. The summed E-state index contributed by atoms with van der Waals surface area (Å²) < 4.78 is 0. The van der Waals surface area contributed by atoms with E-state index >= 15 is 0 Å². The van der Waals surface area contributed by atoms with Crippen molar-refractivity contribution in [3.05, 3.63) is 69.9 Å². The van der Waals surface area contributed by atoms with E-state index in [0.29, 0.717) is 0 Å². The molecule has 1 heterocycles. The van der Waals surface area contributed by atoms with Crippen LogP contribution >= 0.6 is 11.3 Å². The number of benzene rings is 2. The van der Waals surface area contributed by atoms with E-state index in [-0.39, 0.29) is 5.78 Å². The summed E-state index contributed by atoms with van der Waals surface area (Å²) >= 11 is 1.53. The molecule has 0 saturated heterocycles. The van der Waals surface area contributed by atoms with Crippen molar-refractivity contribution >= 4 is 27.9 Å². The van der Waals surface area contributed by atoms with Gasteiger partial charge >= 0.3 is 0 Å².